The van der Waals surface area contributed by atoms with E-state index in [1.165, 1.54) is 6.20 Å². The van der Waals surface area contributed by atoms with Gasteiger partial charge in [0.15, 0.2) is 0 Å². The normalized spacial score (nSPS) is 22.1. The molecule has 3 rings (SSSR count). The summed E-state index contributed by atoms with van der Waals surface area (Å²) in [5.74, 6) is -0.132. The van der Waals surface area contributed by atoms with Crippen molar-refractivity contribution in [3.8, 4) is 0 Å². The van der Waals surface area contributed by atoms with Crippen LogP contribution in [0, 0.1) is 0 Å². The molecule has 0 saturated carbocycles. The summed E-state index contributed by atoms with van der Waals surface area (Å²) in [5.41, 5.74) is 0.545. The summed E-state index contributed by atoms with van der Waals surface area (Å²) in [6, 6.07) is 7.56. The van der Waals surface area contributed by atoms with E-state index in [-0.39, 0.29) is 18.1 Å². The number of nitrogens with zero attached hydrogens (tertiary/aromatic N) is 1. The van der Waals surface area contributed by atoms with E-state index in [2.05, 4.69) is 10.3 Å². The van der Waals surface area contributed by atoms with Crippen LogP contribution in [0.25, 0.3) is 10.8 Å². The minimum atomic E-state index is -0.132. The molecule has 1 N–H and O–H groups in total. The van der Waals surface area contributed by atoms with Gasteiger partial charge in [-0.05, 0) is 18.7 Å². The zero-order valence-corrected chi connectivity index (χ0v) is 11.9. The Balaban J connectivity index is 1.94. The molecule has 1 aliphatic rings. The maximum atomic E-state index is 12.4. The molecule has 1 aromatic heterocycles. The standard InChI is InChI=1S/C15H15ClN2O2/c1-9-13(6-7-20-9)18-15(19)12-8-17-14(16)11-5-3-2-4-10(11)12/h2-5,8-9,13H,6-7H2,1H3,(H,18,19). The van der Waals surface area contributed by atoms with Gasteiger partial charge in [-0.3, -0.25) is 4.79 Å². The lowest BCUT2D eigenvalue weighted by molar-refractivity contribution is 0.0867. The number of benzene rings is 1. The number of carbonyl (C=O) groups excluding carboxylic acids is 1. The van der Waals surface area contributed by atoms with Crippen LogP contribution in [0.3, 0.4) is 0 Å². The lowest BCUT2D eigenvalue weighted by Gasteiger charge is -2.16. The maximum absolute atomic E-state index is 12.4. The molecule has 5 heteroatoms. The third-order valence-electron chi connectivity index (χ3n) is 3.68. The van der Waals surface area contributed by atoms with E-state index in [9.17, 15) is 4.79 Å². The van der Waals surface area contributed by atoms with Crippen molar-refractivity contribution < 1.29 is 9.53 Å². The predicted octanol–water partition coefficient (Wildman–Crippen LogP) is 2.80. The van der Waals surface area contributed by atoms with Gasteiger partial charge in [0, 0.05) is 18.2 Å². The van der Waals surface area contributed by atoms with Gasteiger partial charge in [0.1, 0.15) is 5.15 Å². The Morgan fingerprint density at radius 2 is 2.15 bits per heavy atom. The Labute approximate surface area is 122 Å². The fourth-order valence-electron chi connectivity index (χ4n) is 2.51. The van der Waals surface area contributed by atoms with E-state index in [4.69, 9.17) is 16.3 Å². The summed E-state index contributed by atoms with van der Waals surface area (Å²) in [6.07, 6.45) is 2.41. The molecular formula is C15H15ClN2O2. The van der Waals surface area contributed by atoms with Crippen LogP contribution in [0.15, 0.2) is 30.5 Å². The molecule has 2 unspecified atom stereocenters. The SMILES string of the molecule is CC1OCCC1NC(=O)c1cnc(Cl)c2ccccc12. The molecule has 2 aromatic rings. The van der Waals surface area contributed by atoms with Crippen molar-refractivity contribution in [3.05, 3.63) is 41.2 Å². The monoisotopic (exact) mass is 290 g/mol. The molecule has 0 bridgehead atoms. The van der Waals surface area contributed by atoms with Crippen molar-refractivity contribution >= 4 is 28.3 Å². The van der Waals surface area contributed by atoms with Gasteiger partial charge in [-0.15, -0.1) is 0 Å². The van der Waals surface area contributed by atoms with Gasteiger partial charge in [0.2, 0.25) is 0 Å². The molecule has 0 spiro atoms. The molecule has 104 valence electrons. The molecule has 2 heterocycles. The molecule has 1 fully saturated rings. The number of carbonyl (C=O) groups is 1. The smallest absolute Gasteiger partial charge is 0.253 e. The molecule has 1 aliphatic heterocycles. The predicted molar refractivity (Wildman–Crippen MR) is 78.0 cm³/mol. The fourth-order valence-corrected chi connectivity index (χ4v) is 2.72. The van der Waals surface area contributed by atoms with Gasteiger partial charge >= 0.3 is 0 Å². The van der Waals surface area contributed by atoms with E-state index in [1.807, 2.05) is 31.2 Å². The number of hydrogen-bond donors (Lipinski definition) is 1. The van der Waals surface area contributed by atoms with Gasteiger partial charge in [0.05, 0.1) is 17.7 Å². The van der Waals surface area contributed by atoms with Crippen LogP contribution in [0.4, 0.5) is 0 Å². The number of ether oxygens (including phenoxy) is 1. The summed E-state index contributed by atoms with van der Waals surface area (Å²) >= 11 is 6.06. The van der Waals surface area contributed by atoms with Crippen LogP contribution in [-0.4, -0.2) is 29.6 Å². The van der Waals surface area contributed by atoms with Gasteiger partial charge in [0.25, 0.3) is 5.91 Å². The second kappa shape index (κ2) is 5.38. The highest BCUT2D eigenvalue weighted by Crippen LogP contribution is 2.24. The van der Waals surface area contributed by atoms with E-state index >= 15 is 0 Å². The van der Waals surface area contributed by atoms with Gasteiger partial charge in [-0.1, -0.05) is 35.9 Å². The molecule has 0 radical (unpaired) electrons. The lowest BCUT2D eigenvalue weighted by atomic mass is 10.1. The Morgan fingerprint density at radius 1 is 1.40 bits per heavy atom. The van der Waals surface area contributed by atoms with Crippen molar-refractivity contribution in [1.29, 1.82) is 0 Å². The molecular weight excluding hydrogens is 276 g/mol. The highest BCUT2D eigenvalue weighted by Gasteiger charge is 2.26. The van der Waals surface area contributed by atoms with Crippen LogP contribution in [0.1, 0.15) is 23.7 Å². The lowest BCUT2D eigenvalue weighted by Crippen LogP contribution is -2.39. The Bertz CT molecular complexity index is 659. The van der Waals surface area contributed by atoms with Crippen LogP contribution in [0.2, 0.25) is 5.15 Å². The number of aromatic nitrogens is 1. The summed E-state index contributed by atoms with van der Waals surface area (Å²) in [7, 11) is 0. The zero-order valence-electron chi connectivity index (χ0n) is 11.1. The molecule has 2 atom stereocenters. The summed E-state index contributed by atoms with van der Waals surface area (Å²) in [6.45, 7) is 2.65. The van der Waals surface area contributed by atoms with E-state index < -0.39 is 0 Å². The Morgan fingerprint density at radius 3 is 2.85 bits per heavy atom. The van der Waals surface area contributed by atoms with E-state index in [1.54, 1.807) is 0 Å². The Kier molecular flexibility index (Phi) is 3.59. The molecule has 1 amide bonds. The quantitative estimate of drug-likeness (QED) is 0.865. The fraction of sp³-hybridized carbons (Fsp3) is 0.333. The molecule has 20 heavy (non-hydrogen) atoms. The topological polar surface area (TPSA) is 51.2 Å². The summed E-state index contributed by atoms with van der Waals surface area (Å²) in [4.78, 5) is 16.5. The zero-order chi connectivity index (χ0) is 14.1. The number of nitrogens with one attached hydrogen (secondary N) is 1. The van der Waals surface area contributed by atoms with Crippen molar-refractivity contribution in [3.63, 3.8) is 0 Å². The third kappa shape index (κ3) is 2.37. The Hall–Kier alpha value is -1.65. The van der Waals surface area contributed by atoms with E-state index in [0.717, 1.165) is 17.2 Å². The highest BCUT2D eigenvalue weighted by atomic mass is 35.5. The average Bonchev–Trinajstić information content (AvgIpc) is 2.85. The van der Waals surface area contributed by atoms with Crippen LogP contribution >= 0.6 is 11.6 Å². The first-order valence-electron chi connectivity index (χ1n) is 6.62. The number of pyridine rings is 1. The maximum Gasteiger partial charge on any atom is 0.253 e. The second-order valence-electron chi connectivity index (χ2n) is 4.95. The van der Waals surface area contributed by atoms with Crippen molar-refractivity contribution in [2.75, 3.05) is 6.61 Å². The first kappa shape index (κ1) is 13.3. The number of amides is 1. The van der Waals surface area contributed by atoms with Crippen LogP contribution < -0.4 is 5.32 Å². The van der Waals surface area contributed by atoms with Crippen molar-refractivity contribution in [1.82, 2.24) is 10.3 Å². The minimum Gasteiger partial charge on any atom is -0.376 e. The molecule has 1 aromatic carbocycles. The van der Waals surface area contributed by atoms with Gasteiger partial charge < -0.3 is 10.1 Å². The van der Waals surface area contributed by atoms with Crippen molar-refractivity contribution in [2.45, 2.75) is 25.5 Å². The number of rotatable bonds is 2. The third-order valence-corrected chi connectivity index (χ3v) is 3.99. The molecule has 4 nitrogen and oxygen atoms in total. The first-order valence-corrected chi connectivity index (χ1v) is 7.00. The minimum absolute atomic E-state index is 0.0467. The second-order valence-corrected chi connectivity index (χ2v) is 5.31. The van der Waals surface area contributed by atoms with Crippen LogP contribution in [-0.2, 0) is 4.74 Å². The average molecular weight is 291 g/mol. The first-order chi connectivity index (χ1) is 9.66. The molecule has 1 saturated heterocycles. The van der Waals surface area contributed by atoms with E-state index in [0.29, 0.717) is 17.3 Å². The highest BCUT2D eigenvalue weighted by molar-refractivity contribution is 6.34. The summed E-state index contributed by atoms with van der Waals surface area (Å²) < 4.78 is 5.46. The summed E-state index contributed by atoms with van der Waals surface area (Å²) in [5, 5.41) is 5.03. The number of fused-ring (bicyclic) bond motifs is 1. The van der Waals surface area contributed by atoms with Crippen LogP contribution in [0.5, 0.6) is 0 Å². The number of hydrogen-bond acceptors (Lipinski definition) is 3. The number of halogens is 1. The molecule has 0 aliphatic carbocycles. The largest absolute Gasteiger partial charge is 0.376 e. The van der Waals surface area contributed by atoms with Crippen molar-refractivity contribution in [2.24, 2.45) is 0 Å². The van der Waals surface area contributed by atoms with Gasteiger partial charge in [-0.2, -0.15) is 0 Å². The van der Waals surface area contributed by atoms with Gasteiger partial charge in [-0.25, -0.2) is 4.98 Å².